The van der Waals surface area contributed by atoms with Crippen LogP contribution in [0.15, 0.2) is 120 Å². The van der Waals surface area contributed by atoms with E-state index < -0.39 is 26.7 Å². The summed E-state index contributed by atoms with van der Waals surface area (Å²) in [6, 6.07) is 26.6. The Morgan fingerprint density at radius 3 is 2.42 bits per heavy atom. The molecule has 1 atom stereocenters. The molecule has 3 heterocycles. The molecule has 1 amide bonds. The highest BCUT2D eigenvalue weighted by Crippen LogP contribution is 2.33. The molecule has 0 bridgehead atoms. The van der Waals surface area contributed by atoms with Gasteiger partial charge in [-0.1, -0.05) is 59.8 Å². The third-order valence-electron chi connectivity index (χ3n) is 9.85. The van der Waals surface area contributed by atoms with Gasteiger partial charge in [0.2, 0.25) is 5.91 Å². The van der Waals surface area contributed by atoms with E-state index in [1.807, 2.05) is 42.5 Å². The van der Waals surface area contributed by atoms with Crippen molar-refractivity contribution in [2.75, 3.05) is 61.0 Å². The molecular weight excluding hydrogens is 812 g/mol. The lowest BCUT2D eigenvalue weighted by atomic mass is 9.99. The van der Waals surface area contributed by atoms with Gasteiger partial charge in [0.25, 0.3) is 15.7 Å². The number of carbonyl (C=O) groups is 1. The molecule has 15 nitrogen and oxygen atoms in total. The van der Waals surface area contributed by atoms with E-state index in [1.165, 1.54) is 40.7 Å². The third-order valence-corrected chi connectivity index (χ3v) is 12.5. The molecular formula is C41H41ClN10O5S2. The number of aromatic nitrogens is 4. The number of sulfonamides is 1. The van der Waals surface area contributed by atoms with E-state index in [4.69, 9.17) is 11.6 Å². The number of amides is 1. The zero-order valence-corrected chi connectivity index (χ0v) is 34.6. The van der Waals surface area contributed by atoms with Crippen molar-refractivity contribution in [1.29, 1.82) is 0 Å². The molecule has 18 heteroatoms. The van der Waals surface area contributed by atoms with Crippen molar-refractivity contribution in [1.82, 2.24) is 29.7 Å². The SMILES string of the molecule is CN(C)C(=O)C[C@H](CSc1ncccn1)Nc1ccc(S(=O)(=O)Nc2ncnc3cc(N4CCN(Cc5cc(Cl)ccc5-c5ccccc5)CC4)ccc23)cc1[N+](=O)[O-]. The summed E-state index contributed by atoms with van der Waals surface area (Å²) in [4.78, 5) is 47.1. The third kappa shape index (κ3) is 10.2. The molecule has 1 aliphatic rings. The minimum absolute atomic E-state index is 0.0181. The van der Waals surface area contributed by atoms with Gasteiger partial charge in [-0.2, -0.15) is 0 Å². The normalized spacial score (nSPS) is 13.8. The number of piperazine rings is 1. The number of fused-ring (bicyclic) bond motifs is 1. The predicted octanol–water partition coefficient (Wildman–Crippen LogP) is 6.82. The highest BCUT2D eigenvalue weighted by molar-refractivity contribution is 7.99. The van der Waals surface area contributed by atoms with E-state index in [1.54, 1.807) is 38.6 Å². The lowest BCUT2D eigenvalue weighted by Crippen LogP contribution is -2.46. The molecule has 1 fully saturated rings. The predicted molar refractivity (Wildman–Crippen MR) is 231 cm³/mol. The highest BCUT2D eigenvalue weighted by Gasteiger charge is 2.26. The van der Waals surface area contributed by atoms with Gasteiger partial charge in [0.1, 0.15) is 12.0 Å². The summed E-state index contributed by atoms with van der Waals surface area (Å²) in [6.45, 7) is 3.95. The molecule has 0 aliphatic carbocycles. The smallest absolute Gasteiger partial charge is 0.293 e. The fraction of sp³-hybridized carbons (Fsp3) is 0.244. The van der Waals surface area contributed by atoms with E-state index in [2.05, 4.69) is 58.0 Å². The topological polar surface area (TPSA) is 180 Å². The molecule has 0 radical (unpaired) electrons. The fourth-order valence-corrected chi connectivity index (χ4v) is 8.82. The maximum atomic E-state index is 13.7. The Labute approximate surface area is 351 Å². The van der Waals surface area contributed by atoms with Crippen LogP contribution in [0.5, 0.6) is 0 Å². The van der Waals surface area contributed by atoms with Crippen LogP contribution in [0.2, 0.25) is 5.02 Å². The Balaban J connectivity index is 1.04. The van der Waals surface area contributed by atoms with E-state index in [0.29, 0.717) is 26.8 Å². The molecule has 0 saturated carbocycles. The Morgan fingerprint density at radius 1 is 0.932 bits per heavy atom. The molecule has 2 N–H and O–H groups in total. The van der Waals surface area contributed by atoms with Gasteiger partial charge in [0, 0.05) is 99.6 Å². The summed E-state index contributed by atoms with van der Waals surface area (Å²) in [5, 5.41) is 17.0. The number of benzene rings is 4. The zero-order chi connectivity index (χ0) is 41.5. The molecule has 1 aliphatic heterocycles. The Morgan fingerprint density at radius 2 is 1.69 bits per heavy atom. The second-order valence-corrected chi connectivity index (χ2v) is 17.2. The number of carbonyl (C=O) groups excluding carboxylic acids is 1. The summed E-state index contributed by atoms with van der Waals surface area (Å²) < 4.78 is 30.0. The Bertz CT molecular complexity index is 2560. The van der Waals surface area contributed by atoms with Gasteiger partial charge in [-0.05, 0) is 65.2 Å². The maximum absolute atomic E-state index is 13.7. The van der Waals surface area contributed by atoms with Gasteiger partial charge in [0.15, 0.2) is 11.0 Å². The largest absolute Gasteiger partial charge is 0.375 e. The van der Waals surface area contributed by atoms with Crippen LogP contribution in [0.25, 0.3) is 22.0 Å². The number of nitrogens with zero attached hydrogens (tertiary/aromatic N) is 8. The molecule has 0 spiro atoms. The van der Waals surface area contributed by atoms with Gasteiger partial charge < -0.3 is 15.1 Å². The lowest BCUT2D eigenvalue weighted by molar-refractivity contribution is -0.384. The first-order chi connectivity index (χ1) is 28.4. The van der Waals surface area contributed by atoms with Gasteiger partial charge in [-0.15, -0.1) is 0 Å². The Kier molecular flexibility index (Phi) is 12.9. The maximum Gasteiger partial charge on any atom is 0.293 e. The number of hydrogen-bond acceptors (Lipinski definition) is 13. The standard InChI is InChI=1S/C41H41ClN10O5S2/c1-49(2)39(53)22-31(26-58-41-43-15-6-16-44-41)47-36-14-11-33(24-38(36)52(54)55)59(56,57)48-40-35-13-10-32(23-37(35)45-27-46-40)51-19-17-50(18-20-51)25-29-21-30(42)9-12-34(29)28-7-4-3-5-8-28/h3-16,21,23-24,27,31,47H,17-20,22,25-26H2,1-2H3,(H,45,46,48)/t31-/m1/s1. The average Bonchev–Trinajstić information content (AvgIpc) is 3.23. The van der Waals surface area contributed by atoms with Crippen LogP contribution in [0, 0.1) is 10.1 Å². The molecule has 1 saturated heterocycles. The summed E-state index contributed by atoms with van der Waals surface area (Å²) >= 11 is 7.70. The first kappa shape index (κ1) is 41.3. The van der Waals surface area contributed by atoms with Crippen molar-refractivity contribution in [3.05, 3.63) is 130 Å². The van der Waals surface area contributed by atoms with Crippen molar-refractivity contribution in [2.45, 2.75) is 29.1 Å². The fourth-order valence-electron chi connectivity index (χ4n) is 6.76. The second kappa shape index (κ2) is 18.4. The number of nitro benzene ring substituents is 1. The summed E-state index contributed by atoms with van der Waals surface area (Å²) in [5.41, 5.74) is 4.54. The number of anilines is 3. The summed E-state index contributed by atoms with van der Waals surface area (Å²) in [6.07, 6.45) is 4.48. The molecule has 7 rings (SSSR count). The van der Waals surface area contributed by atoms with Crippen molar-refractivity contribution >= 4 is 73.1 Å². The number of nitro groups is 1. The van der Waals surface area contributed by atoms with Crippen molar-refractivity contribution in [2.24, 2.45) is 0 Å². The Hall–Kier alpha value is -5.88. The quantitative estimate of drug-likeness (QED) is 0.0476. The molecule has 4 aromatic carbocycles. The lowest BCUT2D eigenvalue weighted by Gasteiger charge is -2.36. The van der Waals surface area contributed by atoms with Crippen LogP contribution in [0.3, 0.4) is 0 Å². The summed E-state index contributed by atoms with van der Waals surface area (Å²) in [7, 11) is -1.11. The van der Waals surface area contributed by atoms with E-state index in [9.17, 15) is 23.3 Å². The highest BCUT2D eigenvalue weighted by atomic mass is 35.5. The molecule has 304 valence electrons. The number of rotatable bonds is 15. The van der Waals surface area contributed by atoms with E-state index in [-0.39, 0.29) is 28.7 Å². The minimum atomic E-state index is -4.35. The monoisotopic (exact) mass is 852 g/mol. The van der Waals surface area contributed by atoms with Crippen LogP contribution < -0.4 is 14.9 Å². The van der Waals surface area contributed by atoms with E-state index >= 15 is 0 Å². The number of hydrogen-bond donors (Lipinski definition) is 2. The zero-order valence-electron chi connectivity index (χ0n) is 32.2. The number of thioether (sulfide) groups is 1. The molecule has 59 heavy (non-hydrogen) atoms. The van der Waals surface area contributed by atoms with Gasteiger partial charge in [0.05, 0.1) is 15.3 Å². The van der Waals surface area contributed by atoms with Crippen LogP contribution in [-0.2, 0) is 21.4 Å². The average molecular weight is 853 g/mol. The van der Waals surface area contributed by atoms with Crippen LogP contribution in [-0.4, -0.2) is 101 Å². The van der Waals surface area contributed by atoms with Crippen LogP contribution >= 0.6 is 23.4 Å². The minimum Gasteiger partial charge on any atom is -0.375 e. The number of halogens is 1. The van der Waals surface area contributed by atoms with Gasteiger partial charge >= 0.3 is 0 Å². The van der Waals surface area contributed by atoms with Crippen molar-refractivity contribution in [3.8, 4) is 11.1 Å². The van der Waals surface area contributed by atoms with Crippen LogP contribution in [0.1, 0.15) is 12.0 Å². The molecule has 6 aromatic rings. The first-order valence-corrected chi connectivity index (χ1v) is 21.5. The van der Waals surface area contributed by atoms with Crippen molar-refractivity contribution < 1.29 is 18.1 Å². The first-order valence-electron chi connectivity index (χ1n) is 18.7. The molecule has 0 unspecified atom stereocenters. The summed E-state index contributed by atoms with van der Waals surface area (Å²) in [5.74, 6) is 0.146. The number of nitrogens with one attached hydrogen (secondary N) is 2. The second-order valence-electron chi connectivity index (χ2n) is 14.1. The molecule has 2 aromatic heterocycles. The van der Waals surface area contributed by atoms with Crippen molar-refractivity contribution in [3.63, 3.8) is 0 Å². The van der Waals surface area contributed by atoms with Crippen LogP contribution in [0.4, 0.5) is 22.9 Å². The van der Waals surface area contributed by atoms with Gasteiger partial charge in [-0.3, -0.25) is 24.5 Å². The van der Waals surface area contributed by atoms with E-state index in [0.717, 1.165) is 55.6 Å². The van der Waals surface area contributed by atoms with Gasteiger partial charge in [-0.25, -0.2) is 28.4 Å².